The molecule has 20 heavy (non-hydrogen) atoms. The monoisotopic (exact) mass is 309 g/mol. The lowest BCUT2D eigenvalue weighted by atomic mass is 10.2. The maximum absolute atomic E-state index is 11.9. The van der Waals surface area contributed by atoms with E-state index in [-0.39, 0.29) is 11.5 Å². The second-order valence-electron chi connectivity index (χ2n) is 4.13. The van der Waals surface area contributed by atoms with Crippen molar-refractivity contribution in [3.05, 3.63) is 29.8 Å². The molecule has 0 saturated carbocycles. The van der Waals surface area contributed by atoms with E-state index in [1.165, 1.54) is 24.3 Å². The normalized spacial score (nSPS) is 12.2. The number of nitrogen functional groups attached to an aromatic ring is 1. The molecule has 0 unspecified atom stereocenters. The SMILES string of the molecule is N=C(N)c1cccc(NS(=O)(=O)CCCC(F)(F)F)c1. The number of nitrogens with one attached hydrogen (secondary N) is 2. The molecule has 0 aliphatic rings. The molecule has 5 nitrogen and oxygen atoms in total. The summed E-state index contributed by atoms with van der Waals surface area (Å²) in [6.07, 6.45) is -6.03. The van der Waals surface area contributed by atoms with E-state index in [2.05, 4.69) is 4.72 Å². The Morgan fingerprint density at radius 3 is 2.55 bits per heavy atom. The summed E-state index contributed by atoms with van der Waals surface area (Å²) < 4.78 is 61.2. The van der Waals surface area contributed by atoms with E-state index < -0.39 is 34.8 Å². The van der Waals surface area contributed by atoms with E-state index in [9.17, 15) is 21.6 Å². The Labute approximate surface area is 114 Å². The summed E-state index contributed by atoms with van der Waals surface area (Å²) >= 11 is 0. The predicted molar refractivity (Wildman–Crippen MR) is 70.2 cm³/mol. The molecule has 0 saturated heterocycles. The summed E-state index contributed by atoms with van der Waals surface area (Å²) in [6.45, 7) is 0. The zero-order valence-electron chi connectivity index (χ0n) is 10.4. The Bertz CT molecular complexity index is 585. The van der Waals surface area contributed by atoms with Crippen molar-refractivity contribution in [2.24, 2.45) is 5.73 Å². The van der Waals surface area contributed by atoms with Gasteiger partial charge < -0.3 is 5.73 Å². The summed E-state index contributed by atoms with van der Waals surface area (Å²) in [6, 6.07) is 5.77. The molecule has 0 aliphatic heterocycles. The first kappa shape index (κ1) is 16.3. The van der Waals surface area contributed by atoms with Gasteiger partial charge in [0.15, 0.2) is 0 Å². The average Bonchev–Trinajstić information content (AvgIpc) is 2.26. The second kappa shape index (κ2) is 6.12. The number of nitrogens with two attached hydrogens (primary N) is 1. The molecule has 0 bridgehead atoms. The number of hydrogen-bond donors (Lipinski definition) is 3. The lowest BCUT2D eigenvalue weighted by Crippen LogP contribution is -2.19. The summed E-state index contributed by atoms with van der Waals surface area (Å²) in [5.74, 6) is -0.861. The molecule has 1 rings (SSSR count). The van der Waals surface area contributed by atoms with Gasteiger partial charge in [-0.1, -0.05) is 12.1 Å². The number of sulfonamides is 1. The van der Waals surface area contributed by atoms with Gasteiger partial charge in [0.2, 0.25) is 10.0 Å². The van der Waals surface area contributed by atoms with Crippen LogP contribution < -0.4 is 10.5 Å². The van der Waals surface area contributed by atoms with Gasteiger partial charge in [-0.25, -0.2) is 8.42 Å². The molecule has 0 amide bonds. The minimum Gasteiger partial charge on any atom is -0.384 e. The van der Waals surface area contributed by atoms with Crippen LogP contribution in [0.15, 0.2) is 24.3 Å². The number of rotatable bonds is 6. The van der Waals surface area contributed by atoms with E-state index in [1.54, 1.807) is 0 Å². The molecule has 112 valence electrons. The van der Waals surface area contributed by atoms with Crippen LogP contribution in [0.5, 0.6) is 0 Å². The smallest absolute Gasteiger partial charge is 0.384 e. The van der Waals surface area contributed by atoms with Crippen molar-refractivity contribution in [1.82, 2.24) is 0 Å². The van der Waals surface area contributed by atoms with Crippen molar-refractivity contribution in [3.63, 3.8) is 0 Å². The molecule has 4 N–H and O–H groups in total. The summed E-state index contributed by atoms with van der Waals surface area (Å²) in [5.41, 5.74) is 5.73. The van der Waals surface area contributed by atoms with Crippen molar-refractivity contribution in [2.75, 3.05) is 10.5 Å². The van der Waals surface area contributed by atoms with Crippen LogP contribution in [0.25, 0.3) is 0 Å². The molecule has 0 heterocycles. The molecule has 0 spiro atoms. The zero-order chi connectivity index (χ0) is 15.4. The topological polar surface area (TPSA) is 96.0 Å². The van der Waals surface area contributed by atoms with Crippen LogP contribution >= 0.6 is 0 Å². The van der Waals surface area contributed by atoms with Gasteiger partial charge in [-0.3, -0.25) is 10.1 Å². The highest BCUT2D eigenvalue weighted by atomic mass is 32.2. The highest BCUT2D eigenvalue weighted by Crippen LogP contribution is 2.22. The molecule has 0 radical (unpaired) electrons. The van der Waals surface area contributed by atoms with Crippen LogP contribution in [0.4, 0.5) is 18.9 Å². The first-order valence-electron chi connectivity index (χ1n) is 5.61. The molecule has 0 aliphatic carbocycles. The van der Waals surface area contributed by atoms with E-state index >= 15 is 0 Å². The van der Waals surface area contributed by atoms with E-state index in [0.717, 1.165) is 0 Å². The van der Waals surface area contributed by atoms with Crippen LogP contribution in [0, 0.1) is 5.41 Å². The van der Waals surface area contributed by atoms with Crippen LogP contribution in [0.2, 0.25) is 0 Å². The fourth-order valence-electron chi connectivity index (χ4n) is 1.44. The summed E-state index contributed by atoms with van der Waals surface area (Å²) in [4.78, 5) is 0. The first-order chi connectivity index (χ1) is 9.09. The maximum Gasteiger partial charge on any atom is 0.389 e. The number of alkyl halides is 3. The largest absolute Gasteiger partial charge is 0.389 e. The molecule has 0 aromatic heterocycles. The minimum absolute atomic E-state index is 0.157. The predicted octanol–water partition coefficient (Wildman–Crippen LogP) is 2.05. The van der Waals surface area contributed by atoms with Gasteiger partial charge in [0.1, 0.15) is 5.84 Å². The Balaban J connectivity index is 2.67. The molecule has 9 heteroatoms. The molecule has 0 fully saturated rings. The van der Waals surface area contributed by atoms with Crippen molar-refractivity contribution in [1.29, 1.82) is 5.41 Å². The van der Waals surface area contributed by atoms with Gasteiger partial charge in [0, 0.05) is 17.7 Å². The van der Waals surface area contributed by atoms with E-state index in [0.29, 0.717) is 5.56 Å². The summed E-state index contributed by atoms with van der Waals surface area (Å²) in [7, 11) is -3.86. The van der Waals surface area contributed by atoms with Crippen LogP contribution in [-0.4, -0.2) is 26.2 Å². The lowest BCUT2D eigenvalue weighted by molar-refractivity contribution is -0.134. The standard InChI is InChI=1S/C11H14F3N3O2S/c12-11(13,14)5-2-6-20(18,19)17-9-4-1-3-8(7-9)10(15)16/h1,3-4,7,17H,2,5-6H2,(H3,15,16). The molecular formula is C11H14F3N3O2S. The van der Waals surface area contributed by atoms with Crippen molar-refractivity contribution < 1.29 is 21.6 Å². The summed E-state index contributed by atoms with van der Waals surface area (Å²) in [5, 5.41) is 7.22. The van der Waals surface area contributed by atoms with Crippen molar-refractivity contribution in [2.45, 2.75) is 19.0 Å². The van der Waals surface area contributed by atoms with Crippen LogP contribution in [0.3, 0.4) is 0 Å². The third-order valence-electron chi connectivity index (χ3n) is 2.32. The molecule has 1 aromatic carbocycles. The van der Waals surface area contributed by atoms with Crippen LogP contribution in [0.1, 0.15) is 18.4 Å². The van der Waals surface area contributed by atoms with Crippen LogP contribution in [-0.2, 0) is 10.0 Å². The van der Waals surface area contributed by atoms with Gasteiger partial charge in [0.05, 0.1) is 5.75 Å². The average molecular weight is 309 g/mol. The number of hydrogen-bond acceptors (Lipinski definition) is 3. The van der Waals surface area contributed by atoms with E-state index in [4.69, 9.17) is 11.1 Å². The van der Waals surface area contributed by atoms with Gasteiger partial charge in [-0.2, -0.15) is 13.2 Å². The second-order valence-corrected chi connectivity index (χ2v) is 5.98. The number of anilines is 1. The number of amidine groups is 1. The lowest BCUT2D eigenvalue weighted by Gasteiger charge is -2.10. The highest BCUT2D eigenvalue weighted by Gasteiger charge is 2.27. The first-order valence-corrected chi connectivity index (χ1v) is 7.26. The quantitative estimate of drug-likeness (QED) is 0.554. The maximum atomic E-state index is 11.9. The third kappa shape index (κ3) is 5.91. The zero-order valence-corrected chi connectivity index (χ0v) is 11.2. The fourth-order valence-corrected chi connectivity index (χ4v) is 2.56. The Hall–Kier alpha value is -1.77. The van der Waals surface area contributed by atoms with Gasteiger partial charge in [-0.15, -0.1) is 0 Å². The highest BCUT2D eigenvalue weighted by molar-refractivity contribution is 7.92. The number of halogens is 3. The van der Waals surface area contributed by atoms with Crippen molar-refractivity contribution >= 4 is 21.5 Å². The molecule has 1 aromatic rings. The molecule has 0 atom stereocenters. The van der Waals surface area contributed by atoms with E-state index in [1.807, 2.05) is 0 Å². The van der Waals surface area contributed by atoms with Gasteiger partial charge in [0.25, 0.3) is 0 Å². The fraction of sp³-hybridized carbons (Fsp3) is 0.364. The van der Waals surface area contributed by atoms with Gasteiger partial charge in [-0.05, 0) is 18.6 Å². The minimum atomic E-state index is -4.37. The Kier molecular flexibility index (Phi) is 4.98. The number of benzene rings is 1. The third-order valence-corrected chi connectivity index (χ3v) is 3.69. The molecular weight excluding hydrogens is 295 g/mol. The van der Waals surface area contributed by atoms with Crippen molar-refractivity contribution in [3.8, 4) is 0 Å². The van der Waals surface area contributed by atoms with Gasteiger partial charge >= 0.3 is 6.18 Å². The Morgan fingerprint density at radius 2 is 2.00 bits per heavy atom. The Morgan fingerprint density at radius 1 is 1.35 bits per heavy atom.